The summed E-state index contributed by atoms with van der Waals surface area (Å²) in [5.74, 6) is 0.0825. The van der Waals surface area contributed by atoms with E-state index in [0.717, 1.165) is 25.9 Å². The summed E-state index contributed by atoms with van der Waals surface area (Å²) in [5, 5.41) is 17.8. The van der Waals surface area contributed by atoms with Gasteiger partial charge in [-0.05, 0) is 33.6 Å². The van der Waals surface area contributed by atoms with Gasteiger partial charge in [-0.15, -0.1) is 5.10 Å². The summed E-state index contributed by atoms with van der Waals surface area (Å²) in [6.45, 7) is 6.80. The van der Waals surface area contributed by atoms with Crippen LogP contribution in [-0.4, -0.2) is 44.0 Å². The zero-order chi connectivity index (χ0) is 14.8. The highest BCUT2D eigenvalue weighted by Crippen LogP contribution is 2.19. The van der Waals surface area contributed by atoms with E-state index in [4.69, 9.17) is 0 Å². The SMILES string of the molecule is CC(C(=O)N1CCCCCC1)n1cc(C(C)(C)O)nn1. The van der Waals surface area contributed by atoms with E-state index in [0.29, 0.717) is 5.69 Å². The molecule has 2 rings (SSSR count). The van der Waals surface area contributed by atoms with Gasteiger partial charge in [-0.25, -0.2) is 4.68 Å². The Morgan fingerprint density at radius 3 is 2.40 bits per heavy atom. The number of likely N-dealkylation sites (tertiary alicyclic amines) is 1. The Bertz CT molecular complexity index is 456. The molecule has 0 bridgehead atoms. The van der Waals surface area contributed by atoms with Crippen LogP contribution in [-0.2, 0) is 10.4 Å². The summed E-state index contributed by atoms with van der Waals surface area (Å²) in [7, 11) is 0. The van der Waals surface area contributed by atoms with E-state index in [-0.39, 0.29) is 11.9 Å². The number of aromatic nitrogens is 3. The van der Waals surface area contributed by atoms with Crippen molar-refractivity contribution in [1.29, 1.82) is 0 Å². The average Bonchev–Trinajstić information content (AvgIpc) is 2.74. The zero-order valence-corrected chi connectivity index (χ0v) is 12.5. The van der Waals surface area contributed by atoms with Gasteiger partial charge in [-0.3, -0.25) is 4.79 Å². The Labute approximate surface area is 119 Å². The van der Waals surface area contributed by atoms with Crippen LogP contribution < -0.4 is 0 Å². The number of carbonyl (C=O) groups is 1. The molecule has 6 heteroatoms. The van der Waals surface area contributed by atoms with Crippen molar-refractivity contribution in [1.82, 2.24) is 19.9 Å². The van der Waals surface area contributed by atoms with E-state index in [1.165, 1.54) is 12.8 Å². The second kappa shape index (κ2) is 5.91. The minimum atomic E-state index is -1.04. The van der Waals surface area contributed by atoms with Crippen molar-refractivity contribution in [2.24, 2.45) is 0 Å². The second-order valence-electron chi connectivity index (χ2n) is 6.06. The van der Waals surface area contributed by atoms with Crippen LogP contribution in [0.1, 0.15) is 58.2 Å². The Morgan fingerprint density at radius 2 is 1.90 bits per heavy atom. The second-order valence-corrected chi connectivity index (χ2v) is 6.06. The fourth-order valence-electron chi connectivity index (χ4n) is 2.41. The van der Waals surface area contributed by atoms with Crippen LogP contribution in [0.4, 0.5) is 0 Å². The van der Waals surface area contributed by atoms with Gasteiger partial charge >= 0.3 is 0 Å². The minimum absolute atomic E-state index is 0.0825. The molecular weight excluding hydrogens is 256 g/mol. The van der Waals surface area contributed by atoms with Gasteiger partial charge in [0.15, 0.2) is 0 Å². The topological polar surface area (TPSA) is 71.2 Å². The molecule has 1 aromatic rings. The molecule has 6 nitrogen and oxygen atoms in total. The number of aliphatic hydroxyl groups is 1. The molecule has 1 saturated heterocycles. The predicted molar refractivity (Wildman–Crippen MR) is 75.0 cm³/mol. The number of hydrogen-bond donors (Lipinski definition) is 1. The Hall–Kier alpha value is -1.43. The highest BCUT2D eigenvalue weighted by atomic mass is 16.3. The molecule has 1 aliphatic rings. The molecule has 1 fully saturated rings. The minimum Gasteiger partial charge on any atom is -0.384 e. The normalized spacial score (nSPS) is 18.7. The molecule has 2 heterocycles. The molecule has 1 amide bonds. The van der Waals surface area contributed by atoms with Crippen molar-refractivity contribution in [3.8, 4) is 0 Å². The number of carbonyl (C=O) groups excluding carboxylic acids is 1. The van der Waals surface area contributed by atoms with Crippen LogP contribution in [0.25, 0.3) is 0 Å². The molecule has 1 unspecified atom stereocenters. The maximum absolute atomic E-state index is 12.5. The maximum atomic E-state index is 12.5. The van der Waals surface area contributed by atoms with Crippen molar-refractivity contribution >= 4 is 5.91 Å². The molecule has 112 valence electrons. The van der Waals surface area contributed by atoms with Crippen LogP contribution in [0.15, 0.2) is 6.20 Å². The van der Waals surface area contributed by atoms with Crippen molar-refractivity contribution in [2.75, 3.05) is 13.1 Å². The Balaban J connectivity index is 2.08. The summed E-state index contributed by atoms with van der Waals surface area (Å²) in [6, 6.07) is -0.378. The van der Waals surface area contributed by atoms with Crippen LogP contribution in [0.5, 0.6) is 0 Å². The van der Waals surface area contributed by atoms with E-state index in [1.54, 1.807) is 24.7 Å². The molecule has 0 spiro atoms. The first-order valence-electron chi connectivity index (χ1n) is 7.33. The fraction of sp³-hybridized carbons (Fsp3) is 0.786. The standard InChI is InChI=1S/C14H24N4O2/c1-11(13(19)17-8-6-4-5-7-9-17)18-10-12(15-16-18)14(2,3)20/h10-11,20H,4-9H2,1-3H3. The Morgan fingerprint density at radius 1 is 1.30 bits per heavy atom. The summed E-state index contributed by atoms with van der Waals surface area (Å²) < 4.78 is 1.54. The van der Waals surface area contributed by atoms with Crippen LogP contribution in [0.3, 0.4) is 0 Å². The lowest BCUT2D eigenvalue weighted by atomic mass is 10.1. The highest BCUT2D eigenvalue weighted by Gasteiger charge is 2.26. The molecule has 1 aromatic heterocycles. The third kappa shape index (κ3) is 3.36. The number of hydrogen-bond acceptors (Lipinski definition) is 4. The highest BCUT2D eigenvalue weighted by molar-refractivity contribution is 5.80. The maximum Gasteiger partial charge on any atom is 0.247 e. The van der Waals surface area contributed by atoms with Gasteiger partial charge < -0.3 is 10.0 Å². The number of nitrogens with zero attached hydrogens (tertiary/aromatic N) is 4. The molecule has 1 N–H and O–H groups in total. The number of rotatable bonds is 3. The zero-order valence-electron chi connectivity index (χ0n) is 12.5. The van der Waals surface area contributed by atoms with E-state index >= 15 is 0 Å². The van der Waals surface area contributed by atoms with Gasteiger partial charge in [0.25, 0.3) is 0 Å². The van der Waals surface area contributed by atoms with E-state index in [9.17, 15) is 9.90 Å². The molecule has 1 atom stereocenters. The molecule has 0 aromatic carbocycles. The van der Waals surface area contributed by atoms with E-state index < -0.39 is 5.60 Å². The van der Waals surface area contributed by atoms with Gasteiger partial charge in [0.1, 0.15) is 17.3 Å². The lowest BCUT2D eigenvalue weighted by Crippen LogP contribution is -2.37. The van der Waals surface area contributed by atoms with Crippen molar-refractivity contribution in [3.63, 3.8) is 0 Å². The average molecular weight is 280 g/mol. The summed E-state index contributed by atoms with van der Waals surface area (Å²) in [4.78, 5) is 14.4. The lowest BCUT2D eigenvalue weighted by molar-refractivity contribution is -0.134. The smallest absolute Gasteiger partial charge is 0.247 e. The molecule has 0 saturated carbocycles. The van der Waals surface area contributed by atoms with Gasteiger partial charge in [-0.1, -0.05) is 18.1 Å². The summed E-state index contributed by atoms with van der Waals surface area (Å²) in [5.41, 5.74) is -0.558. The molecular formula is C14H24N4O2. The monoisotopic (exact) mass is 280 g/mol. The molecule has 1 aliphatic heterocycles. The first kappa shape index (κ1) is 15.0. The molecule has 20 heavy (non-hydrogen) atoms. The van der Waals surface area contributed by atoms with E-state index in [2.05, 4.69) is 10.3 Å². The molecule has 0 radical (unpaired) electrons. The van der Waals surface area contributed by atoms with Gasteiger partial charge in [0, 0.05) is 13.1 Å². The van der Waals surface area contributed by atoms with Gasteiger partial charge in [0.2, 0.25) is 5.91 Å². The quantitative estimate of drug-likeness (QED) is 0.910. The van der Waals surface area contributed by atoms with Crippen molar-refractivity contribution in [3.05, 3.63) is 11.9 Å². The van der Waals surface area contributed by atoms with Crippen LogP contribution in [0, 0.1) is 0 Å². The largest absolute Gasteiger partial charge is 0.384 e. The third-order valence-corrected chi connectivity index (χ3v) is 3.81. The van der Waals surface area contributed by atoms with Crippen LogP contribution >= 0.6 is 0 Å². The third-order valence-electron chi connectivity index (χ3n) is 3.81. The first-order valence-corrected chi connectivity index (χ1v) is 7.33. The Kier molecular flexibility index (Phi) is 4.42. The van der Waals surface area contributed by atoms with Crippen molar-refractivity contribution in [2.45, 2.75) is 58.1 Å². The van der Waals surface area contributed by atoms with E-state index in [1.807, 2.05) is 11.8 Å². The molecule has 0 aliphatic carbocycles. The lowest BCUT2D eigenvalue weighted by Gasteiger charge is -2.24. The van der Waals surface area contributed by atoms with Crippen LogP contribution in [0.2, 0.25) is 0 Å². The number of amides is 1. The summed E-state index contributed by atoms with van der Waals surface area (Å²) >= 11 is 0. The summed E-state index contributed by atoms with van der Waals surface area (Å²) in [6.07, 6.45) is 6.20. The van der Waals surface area contributed by atoms with Crippen molar-refractivity contribution < 1.29 is 9.90 Å². The first-order chi connectivity index (χ1) is 9.39. The van der Waals surface area contributed by atoms with Gasteiger partial charge in [0.05, 0.1) is 6.20 Å². The fourth-order valence-corrected chi connectivity index (χ4v) is 2.41. The van der Waals surface area contributed by atoms with Gasteiger partial charge in [-0.2, -0.15) is 0 Å². The predicted octanol–water partition coefficient (Wildman–Crippen LogP) is 1.47.